The average Bonchev–Trinajstić information content (AvgIpc) is 2.88. The number of halogens is 1. The van der Waals surface area contributed by atoms with Crippen molar-refractivity contribution < 1.29 is 18.9 Å². The first-order valence-corrected chi connectivity index (χ1v) is 13.5. The van der Waals surface area contributed by atoms with Crippen LogP contribution in [0.1, 0.15) is 94.7 Å². The molecule has 0 unspecified atom stereocenters. The van der Waals surface area contributed by atoms with Crippen LogP contribution in [0.3, 0.4) is 0 Å². The van der Waals surface area contributed by atoms with E-state index in [-0.39, 0.29) is 24.6 Å². The minimum atomic E-state index is -0.348. The molecule has 2 heterocycles. The van der Waals surface area contributed by atoms with E-state index in [4.69, 9.17) is 30.5 Å². The lowest BCUT2D eigenvalue weighted by Gasteiger charge is -2.42. The number of fused-ring (bicyclic) bond motifs is 1. The second-order valence-corrected chi connectivity index (χ2v) is 9.96. The lowest BCUT2D eigenvalue weighted by molar-refractivity contribution is -0.289. The van der Waals surface area contributed by atoms with E-state index in [0.29, 0.717) is 6.61 Å². The van der Waals surface area contributed by atoms with Gasteiger partial charge >= 0.3 is 0 Å². The number of ether oxygens (including phenoxy) is 4. The van der Waals surface area contributed by atoms with Crippen LogP contribution in [0.4, 0.5) is 0 Å². The fourth-order valence-corrected chi connectivity index (χ4v) is 4.92. The van der Waals surface area contributed by atoms with E-state index in [1.165, 1.54) is 44.9 Å². The second kappa shape index (κ2) is 13.5. The lowest BCUT2D eigenvalue weighted by Crippen LogP contribution is -2.45. The molecule has 0 radical (unpaired) electrons. The maximum absolute atomic E-state index is 6.30. The van der Waals surface area contributed by atoms with Crippen LogP contribution in [0.25, 0.3) is 0 Å². The van der Waals surface area contributed by atoms with Gasteiger partial charge in [-0.1, -0.05) is 87.7 Å². The third kappa shape index (κ3) is 7.45. The van der Waals surface area contributed by atoms with Crippen molar-refractivity contribution in [1.82, 2.24) is 0 Å². The molecule has 2 aliphatic rings. The van der Waals surface area contributed by atoms with Crippen LogP contribution in [0.5, 0.6) is 5.75 Å². The zero-order valence-corrected chi connectivity index (χ0v) is 21.2. The number of rotatable bonds is 12. The Bertz CT molecular complexity index is 838. The Morgan fingerprint density at radius 1 is 0.765 bits per heavy atom. The molecule has 186 valence electrons. The van der Waals surface area contributed by atoms with Gasteiger partial charge in [0.1, 0.15) is 11.9 Å². The van der Waals surface area contributed by atoms with Gasteiger partial charge in [-0.25, -0.2) is 0 Å². The van der Waals surface area contributed by atoms with Gasteiger partial charge in [0.05, 0.1) is 25.4 Å². The highest BCUT2D eigenvalue weighted by Gasteiger charge is 2.38. The molecule has 4 nitrogen and oxygen atoms in total. The molecule has 0 bridgehead atoms. The van der Waals surface area contributed by atoms with Crippen molar-refractivity contribution in [2.45, 2.75) is 95.7 Å². The van der Waals surface area contributed by atoms with Crippen molar-refractivity contribution in [2.24, 2.45) is 0 Å². The molecule has 2 aromatic carbocycles. The maximum Gasteiger partial charge on any atom is 0.184 e. The molecular weight excluding hydrogens is 448 g/mol. The van der Waals surface area contributed by atoms with Gasteiger partial charge in [-0.05, 0) is 49.1 Å². The summed E-state index contributed by atoms with van der Waals surface area (Å²) in [5, 5.41) is 0.745. The summed E-state index contributed by atoms with van der Waals surface area (Å²) in [7, 11) is 0. The van der Waals surface area contributed by atoms with Gasteiger partial charge < -0.3 is 18.9 Å². The molecule has 2 aromatic rings. The molecule has 0 amide bonds. The van der Waals surface area contributed by atoms with E-state index in [0.717, 1.165) is 47.8 Å². The summed E-state index contributed by atoms with van der Waals surface area (Å²) >= 11 is 6.02. The third-order valence-corrected chi connectivity index (χ3v) is 7.09. The Morgan fingerprint density at radius 3 is 2.18 bits per heavy atom. The largest absolute Gasteiger partial charge is 0.494 e. The summed E-state index contributed by atoms with van der Waals surface area (Å²) in [5.41, 5.74) is 2.19. The molecule has 2 fully saturated rings. The van der Waals surface area contributed by atoms with Gasteiger partial charge in [0.15, 0.2) is 6.29 Å². The van der Waals surface area contributed by atoms with E-state index >= 15 is 0 Å². The predicted octanol–water partition coefficient (Wildman–Crippen LogP) is 8.19. The van der Waals surface area contributed by atoms with Crippen molar-refractivity contribution in [3.8, 4) is 5.75 Å². The van der Waals surface area contributed by atoms with E-state index in [1.54, 1.807) is 0 Å². The van der Waals surface area contributed by atoms with E-state index in [2.05, 4.69) is 6.92 Å². The van der Waals surface area contributed by atoms with Crippen LogP contribution in [0, 0.1) is 0 Å². The monoisotopic (exact) mass is 486 g/mol. The Hall–Kier alpha value is -1.59. The Kier molecular flexibility index (Phi) is 10.1. The van der Waals surface area contributed by atoms with Crippen molar-refractivity contribution in [3.05, 3.63) is 64.7 Å². The van der Waals surface area contributed by atoms with Gasteiger partial charge in [-0.15, -0.1) is 0 Å². The van der Waals surface area contributed by atoms with Gasteiger partial charge in [-0.2, -0.15) is 0 Å². The van der Waals surface area contributed by atoms with E-state index in [9.17, 15) is 0 Å². The molecule has 2 saturated heterocycles. The first-order chi connectivity index (χ1) is 16.7. The fraction of sp³-hybridized carbons (Fsp3) is 0.586. The predicted molar refractivity (Wildman–Crippen MR) is 136 cm³/mol. The van der Waals surface area contributed by atoms with Crippen molar-refractivity contribution in [3.63, 3.8) is 0 Å². The molecular formula is C29H39ClO4. The molecule has 0 aliphatic carbocycles. The minimum Gasteiger partial charge on any atom is -0.494 e. The highest BCUT2D eigenvalue weighted by atomic mass is 35.5. The van der Waals surface area contributed by atoms with Crippen LogP contribution in [-0.4, -0.2) is 25.4 Å². The summed E-state index contributed by atoms with van der Waals surface area (Å²) in [6, 6.07) is 16.1. The second-order valence-electron chi connectivity index (χ2n) is 9.52. The molecule has 5 heteroatoms. The molecule has 0 N–H and O–H groups in total. The van der Waals surface area contributed by atoms with E-state index < -0.39 is 0 Å². The summed E-state index contributed by atoms with van der Waals surface area (Å²) in [4.78, 5) is 0. The fourth-order valence-electron chi connectivity index (χ4n) is 4.80. The zero-order chi connectivity index (χ0) is 23.6. The van der Waals surface area contributed by atoms with Crippen LogP contribution in [0.2, 0.25) is 5.02 Å². The standard InChI is InChI=1S/C29H39ClO4/c1-2-3-4-5-6-7-8-9-20-31-25-16-12-23(13-17-25)29-32-21-28-27(34-29)19-18-26(33-28)22-10-14-24(30)15-11-22/h10-17,26-29H,2-9,18-21H2,1H3/t26-,27+,28-,29-/m1/s1. The Morgan fingerprint density at radius 2 is 1.44 bits per heavy atom. The van der Waals surface area contributed by atoms with Crippen LogP contribution < -0.4 is 4.74 Å². The summed E-state index contributed by atoms with van der Waals surface area (Å²) in [6.45, 7) is 3.58. The molecule has 0 aromatic heterocycles. The average molecular weight is 487 g/mol. The summed E-state index contributed by atoms with van der Waals surface area (Å²) < 4.78 is 24.5. The molecule has 34 heavy (non-hydrogen) atoms. The lowest BCUT2D eigenvalue weighted by atomic mass is 9.96. The smallest absolute Gasteiger partial charge is 0.184 e. The van der Waals surface area contributed by atoms with E-state index in [1.807, 2.05) is 48.5 Å². The van der Waals surface area contributed by atoms with Gasteiger partial charge in [-0.3, -0.25) is 0 Å². The molecule has 4 atom stereocenters. The highest BCUT2D eigenvalue weighted by molar-refractivity contribution is 6.30. The van der Waals surface area contributed by atoms with Crippen LogP contribution in [0.15, 0.2) is 48.5 Å². The molecule has 4 rings (SSSR count). The molecule has 2 aliphatic heterocycles. The number of hydrogen-bond acceptors (Lipinski definition) is 4. The number of benzene rings is 2. The van der Waals surface area contributed by atoms with Gasteiger partial charge in [0.25, 0.3) is 0 Å². The van der Waals surface area contributed by atoms with Gasteiger partial charge in [0.2, 0.25) is 0 Å². The van der Waals surface area contributed by atoms with Crippen molar-refractivity contribution >= 4 is 11.6 Å². The van der Waals surface area contributed by atoms with Crippen LogP contribution >= 0.6 is 11.6 Å². The topological polar surface area (TPSA) is 36.9 Å². The number of unbranched alkanes of at least 4 members (excludes halogenated alkanes) is 7. The van der Waals surface area contributed by atoms with Crippen molar-refractivity contribution in [2.75, 3.05) is 13.2 Å². The third-order valence-electron chi connectivity index (χ3n) is 6.84. The SMILES string of the molecule is CCCCCCCCCCOc1ccc([C@@H]2OC[C@H]3O[C@@H](c4ccc(Cl)cc4)CC[C@@H]3O2)cc1. The molecule has 0 spiro atoms. The molecule has 0 saturated carbocycles. The van der Waals surface area contributed by atoms with Gasteiger partial charge in [0, 0.05) is 10.6 Å². The summed E-state index contributed by atoms with van der Waals surface area (Å²) in [5.74, 6) is 0.909. The minimum absolute atomic E-state index is 0.0417. The normalized spacial score (nSPS) is 24.5. The quantitative estimate of drug-likeness (QED) is 0.283. The first kappa shape index (κ1) is 25.5. The Balaban J connectivity index is 1.16. The summed E-state index contributed by atoms with van der Waals surface area (Å²) in [6.07, 6.45) is 12.1. The first-order valence-electron chi connectivity index (χ1n) is 13.1. The highest BCUT2D eigenvalue weighted by Crippen LogP contribution is 2.38. The maximum atomic E-state index is 6.30. The Labute approximate surface area is 209 Å². The zero-order valence-electron chi connectivity index (χ0n) is 20.4. The van der Waals surface area contributed by atoms with Crippen molar-refractivity contribution in [1.29, 1.82) is 0 Å². The van der Waals surface area contributed by atoms with Crippen LogP contribution in [-0.2, 0) is 14.2 Å². The number of hydrogen-bond donors (Lipinski definition) is 0.